The van der Waals surface area contributed by atoms with E-state index >= 15 is 0 Å². The highest BCUT2D eigenvalue weighted by Gasteiger charge is 2.20. The number of nitrogens with zero attached hydrogens (tertiary/aromatic N) is 3. The Labute approximate surface area is 160 Å². The summed E-state index contributed by atoms with van der Waals surface area (Å²) in [5, 5.41) is 17.4. The van der Waals surface area contributed by atoms with E-state index in [2.05, 4.69) is 15.3 Å². The summed E-state index contributed by atoms with van der Waals surface area (Å²) in [4.78, 5) is 4.25. The van der Waals surface area contributed by atoms with E-state index in [0.717, 1.165) is 0 Å². The Hall–Kier alpha value is -2.57. The monoisotopic (exact) mass is 391 g/mol. The average Bonchev–Trinajstić information content (AvgIpc) is 3.06. The van der Waals surface area contributed by atoms with Crippen molar-refractivity contribution in [2.75, 3.05) is 0 Å². The molecule has 0 bridgehead atoms. The van der Waals surface area contributed by atoms with E-state index in [1.807, 2.05) is 13.8 Å². The van der Waals surface area contributed by atoms with Crippen molar-refractivity contribution < 1.29 is 14.5 Å². The molecule has 0 amide bonds. The number of hydrogen-bond donors (Lipinski definition) is 1. The molecule has 8 heteroatoms. The minimum absolute atomic E-state index is 0.0380. The summed E-state index contributed by atoms with van der Waals surface area (Å²) in [6.07, 6.45) is 0.0608. The van der Waals surface area contributed by atoms with Crippen LogP contribution in [0.4, 0.5) is 0 Å². The van der Waals surface area contributed by atoms with Gasteiger partial charge in [-0.2, -0.15) is 4.98 Å². The molecule has 2 aromatic carbocycles. The zero-order chi connectivity index (χ0) is 18.7. The van der Waals surface area contributed by atoms with E-state index in [-0.39, 0.29) is 23.5 Å². The smallest absolute Gasteiger partial charge is 0.280 e. The van der Waals surface area contributed by atoms with Gasteiger partial charge in [-0.15, -0.1) is 0 Å². The van der Waals surface area contributed by atoms with E-state index in [1.54, 1.807) is 42.5 Å². The number of ether oxygens (including phenoxy) is 1. The highest BCUT2D eigenvalue weighted by atomic mass is 35.5. The van der Waals surface area contributed by atoms with Crippen LogP contribution >= 0.6 is 23.2 Å². The lowest BCUT2D eigenvalue weighted by Crippen LogP contribution is -2.07. The van der Waals surface area contributed by atoms with Gasteiger partial charge in [-0.3, -0.25) is 0 Å². The van der Waals surface area contributed by atoms with Gasteiger partial charge in [0, 0.05) is 5.56 Å². The molecule has 0 aliphatic rings. The summed E-state index contributed by atoms with van der Waals surface area (Å²) in [5.41, 5.74) is 1.16. The number of benzene rings is 2. The van der Waals surface area contributed by atoms with E-state index < -0.39 is 0 Å². The Morgan fingerprint density at radius 2 is 1.77 bits per heavy atom. The van der Waals surface area contributed by atoms with Crippen LogP contribution in [0.15, 0.2) is 52.1 Å². The predicted molar refractivity (Wildman–Crippen MR) is 99.4 cm³/mol. The molecule has 0 aliphatic carbocycles. The molecule has 6 nitrogen and oxygen atoms in total. The van der Waals surface area contributed by atoms with Crippen LogP contribution in [0.25, 0.3) is 11.4 Å². The van der Waals surface area contributed by atoms with Gasteiger partial charge in [0.05, 0.1) is 21.7 Å². The van der Waals surface area contributed by atoms with Gasteiger partial charge in [-0.25, -0.2) is 0 Å². The highest BCUT2D eigenvalue weighted by molar-refractivity contribution is 6.39. The summed E-state index contributed by atoms with van der Waals surface area (Å²) >= 11 is 12.3. The fraction of sp³-hybridized carbons (Fsp3) is 0.167. The fourth-order valence-corrected chi connectivity index (χ4v) is 2.89. The predicted octanol–water partition coefficient (Wildman–Crippen LogP) is 5.06. The molecule has 0 fully saturated rings. The number of rotatable bonds is 5. The first-order valence-corrected chi connectivity index (χ1v) is 8.52. The Kier molecular flexibility index (Phi) is 5.44. The van der Waals surface area contributed by atoms with E-state index in [9.17, 15) is 5.21 Å². The first kappa shape index (κ1) is 18.2. The second-order valence-electron chi connectivity index (χ2n) is 5.66. The third kappa shape index (κ3) is 3.81. The molecule has 0 atom stereocenters. The van der Waals surface area contributed by atoms with Crippen molar-refractivity contribution in [2.24, 2.45) is 5.16 Å². The van der Waals surface area contributed by atoms with Crippen LogP contribution in [0.1, 0.15) is 25.3 Å². The quantitative estimate of drug-likeness (QED) is 0.373. The SMILES string of the molecule is CC(C)Oc1ccc(/C(=N\O)c2nc(-c3c(Cl)cccc3Cl)no2)cc1. The molecule has 3 rings (SSSR count). The zero-order valence-electron chi connectivity index (χ0n) is 14.0. The Balaban J connectivity index is 1.92. The Morgan fingerprint density at radius 1 is 1.12 bits per heavy atom. The Morgan fingerprint density at radius 3 is 2.35 bits per heavy atom. The van der Waals surface area contributed by atoms with Gasteiger partial charge in [0.1, 0.15) is 5.75 Å². The lowest BCUT2D eigenvalue weighted by molar-refractivity contribution is 0.242. The molecule has 1 aromatic heterocycles. The molecule has 1 N–H and O–H groups in total. The van der Waals surface area contributed by atoms with Crippen LogP contribution in [-0.2, 0) is 0 Å². The lowest BCUT2D eigenvalue weighted by Gasteiger charge is -2.09. The maximum atomic E-state index is 9.41. The van der Waals surface area contributed by atoms with E-state index in [0.29, 0.717) is 26.9 Å². The second kappa shape index (κ2) is 7.76. The zero-order valence-corrected chi connectivity index (χ0v) is 15.5. The first-order valence-electron chi connectivity index (χ1n) is 7.77. The first-order chi connectivity index (χ1) is 12.5. The minimum atomic E-state index is 0.0380. The van der Waals surface area contributed by atoms with Crippen molar-refractivity contribution in [1.29, 1.82) is 0 Å². The largest absolute Gasteiger partial charge is 0.491 e. The molecule has 134 valence electrons. The maximum Gasteiger partial charge on any atom is 0.280 e. The molecular weight excluding hydrogens is 377 g/mol. The number of hydrogen-bond acceptors (Lipinski definition) is 6. The fourth-order valence-electron chi connectivity index (χ4n) is 2.32. The van der Waals surface area contributed by atoms with Gasteiger partial charge in [0.2, 0.25) is 5.82 Å². The van der Waals surface area contributed by atoms with E-state index in [4.69, 9.17) is 32.5 Å². The van der Waals surface area contributed by atoms with Crippen molar-refractivity contribution in [2.45, 2.75) is 20.0 Å². The van der Waals surface area contributed by atoms with Crippen LogP contribution < -0.4 is 4.74 Å². The topological polar surface area (TPSA) is 80.7 Å². The average molecular weight is 392 g/mol. The van der Waals surface area contributed by atoms with E-state index in [1.165, 1.54) is 0 Å². The normalized spacial score (nSPS) is 11.8. The van der Waals surface area contributed by atoms with Crippen LogP contribution in [0, 0.1) is 0 Å². The van der Waals surface area contributed by atoms with Gasteiger partial charge >= 0.3 is 0 Å². The molecule has 0 saturated heterocycles. The molecule has 0 radical (unpaired) electrons. The summed E-state index contributed by atoms with van der Waals surface area (Å²) in [5.74, 6) is 0.947. The lowest BCUT2D eigenvalue weighted by atomic mass is 10.1. The molecule has 0 saturated carbocycles. The molecule has 0 spiro atoms. The van der Waals surface area contributed by atoms with Crippen molar-refractivity contribution in [3.05, 3.63) is 64.0 Å². The van der Waals surface area contributed by atoms with Crippen molar-refractivity contribution in [3.8, 4) is 17.1 Å². The number of halogens is 2. The third-order valence-corrected chi connectivity index (χ3v) is 4.04. The van der Waals surface area contributed by atoms with Gasteiger partial charge in [-0.1, -0.05) is 39.6 Å². The van der Waals surface area contributed by atoms with Crippen molar-refractivity contribution in [3.63, 3.8) is 0 Å². The molecule has 0 aliphatic heterocycles. The van der Waals surface area contributed by atoms with Gasteiger partial charge in [0.15, 0.2) is 5.71 Å². The standard InChI is InChI=1S/C18H15Cl2N3O3/c1-10(2)25-12-8-6-11(7-9-12)16(22-24)18-21-17(23-26-18)15-13(19)4-3-5-14(15)20/h3-10,24H,1-2H3/b22-16+. The van der Waals surface area contributed by atoms with Crippen molar-refractivity contribution >= 4 is 28.9 Å². The minimum Gasteiger partial charge on any atom is -0.491 e. The summed E-state index contributed by atoms with van der Waals surface area (Å²) in [6.45, 7) is 3.88. The van der Waals surface area contributed by atoms with Crippen LogP contribution in [0.2, 0.25) is 10.0 Å². The summed E-state index contributed by atoms with van der Waals surface area (Å²) < 4.78 is 10.8. The number of aromatic nitrogens is 2. The third-order valence-electron chi connectivity index (χ3n) is 3.41. The summed E-state index contributed by atoms with van der Waals surface area (Å²) in [7, 11) is 0. The molecule has 0 unspecified atom stereocenters. The molecule has 26 heavy (non-hydrogen) atoms. The number of oxime groups is 1. The van der Waals surface area contributed by atoms with Crippen molar-refractivity contribution in [1.82, 2.24) is 10.1 Å². The maximum absolute atomic E-state index is 9.41. The molecule has 1 heterocycles. The van der Waals surface area contributed by atoms with Gasteiger partial charge < -0.3 is 14.5 Å². The molecule has 3 aromatic rings. The summed E-state index contributed by atoms with van der Waals surface area (Å²) in [6, 6.07) is 12.1. The Bertz CT molecular complexity index is 917. The van der Waals surface area contributed by atoms with Gasteiger partial charge in [0.25, 0.3) is 5.89 Å². The highest BCUT2D eigenvalue weighted by Crippen LogP contribution is 2.32. The molecular formula is C18H15Cl2N3O3. The van der Waals surface area contributed by atoms with Crippen LogP contribution in [0.3, 0.4) is 0 Å². The second-order valence-corrected chi connectivity index (χ2v) is 6.47. The van der Waals surface area contributed by atoms with Gasteiger partial charge in [-0.05, 0) is 50.2 Å². The van der Waals surface area contributed by atoms with Crippen LogP contribution in [0.5, 0.6) is 5.75 Å². The van der Waals surface area contributed by atoms with Crippen LogP contribution in [-0.4, -0.2) is 27.2 Å².